The smallest absolute Gasteiger partial charge is 0.368 e. The van der Waals surface area contributed by atoms with Crippen LogP contribution in [0, 0.1) is 0 Å². The molecule has 174 valence electrons. The molecule has 0 amide bonds. The van der Waals surface area contributed by atoms with E-state index in [0.29, 0.717) is 17.6 Å². The standard InChI is InChI=1S/C22H27FN2O5S2/c1-4-5-9-16-12-18-21(32(28,29)24(16)2)20(30-14-17(23)22(26)27)19(31-3)13-25(18)15-10-7-6-8-11-15/h6-8,10-11,13-14,16,18H,4-5,9,12H2,1-3H3,(H,26,27)/b17-14-. The van der Waals surface area contributed by atoms with Crippen molar-refractivity contribution in [1.29, 1.82) is 0 Å². The van der Waals surface area contributed by atoms with Crippen molar-refractivity contribution in [2.24, 2.45) is 0 Å². The van der Waals surface area contributed by atoms with E-state index in [1.165, 1.54) is 16.1 Å². The largest absolute Gasteiger partial charge is 0.476 e. The molecule has 0 spiro atoms. The number of sulfonamides is 1. The molecule has 10 heteroatoms. The highest BCUT2D eigenvalue weighted by Gasteiger charge is 2.48. The lowest BCUT2D eigenvalue weighted by Crippen LogP contribution is -2.53. The molecule has 3 rings (SSSR count). The first kappa shape index (κ1) is 24.3. The van der Waals surface area contributed by atoms with Gasteiger partial charge in [-0.1, -0.05) is 38.0 Å². The number of fused-ring (bicyclic) bond motifs is 1. The van der Waals surface area contributed by atoms with Crippen LogP contribution in [-0.2, 0) is 19.6 Å². The van der Waals surface area contributed by atoms with E-state index in [1.54, 1.807) is 19.5 Å². The first-order valence-corrected chi connectivity index (χ1v) is 13.0. The lowest BCUT2D eigenvalue weighted by Gasteiger charge is -2.45. The van der Waals surface area contributed by atoms with E-state index in [0.717, 1.165) is 24.9 Å². The number of carboxylic acids is 1. The number of anilines is 1. The molecular weight excluding hydrogens is 455 g/mol. The number of para-hydroxylation sites is 1. The van der Waals surface area contributed by atoms with Crippen LogP contribution in [0.2, 0.25) is 0 Å². The molecule has 2 heterocycles. The summed E-state index contributed by atoms with van der Waals surface area (Å²) in [5.41, 5.74) is 0.821. The first-order chi connectivity index (χ1) is 15.2. The van der Waals surface area contributed by atoms with Gasteiger partial charge < -0.3 is 14.7 Å². The van der Waals surface area contributed by atoms with E-state index in [2.05, 4.69) is 6.92 Å². The fourth-order valence-corrected chi connectivity index (χ4v) is 6.43. The van der Waals surface area contributed by atoms with Crippen molar-refractivity contribution < 1.29 is 27.4 Å². The number of nitrogens with zero attached hydrogens (tertiary/aromatic N) is 2. The molecule has 2 unspecified atom stereocenters. The first-order valence-electron chi connectivity index (χ1n) is 10.3. The second-order valence-electron chi connectivity index (χ2n) is 7.59. The Morgan fingerprint density at radius 2 is 2.03 bits per heavy atom. The van der Waals surface area contributed by atoms with Crippen LogP contribution >= 0.6 is 11.8 Å². The number of carbonyl (C=O) groups is 1. The summed E-state index contributed by atoms with van der Waals surface area (Å²) in [6.07, 6.45) is 7.07. The highest BCUT2D eigenvalue weighted by atomic mass is 32.2. The van der Waals surface area contributed by atoms with Crippen LogP contribution in [0.25, 0.3) is 0 Å². The third-order valence-corrected chi connectivity index (χ3v) is 8.46. The summed E-state index contributed by atoms with van der Waals surface area (Å²) >= 11 is 1.24. The van der Waals surface area contributed by atoms with Crippen LogP contribution in [0.15, 0.2) is 64.2 Å². The highest BCUT2D eigenvalue weighted by molar-refractivity contribution is 8.02. The predicted octanol–water partition coefficient (Wildman–Crippen LogP) is 4.43. The number of thioether (sulfide) groups is 1. The molecule has 0 aliphatic carbocycles. The molecule has 0 radical (unpaired) electrons. The molecule has 2 atom stereocenters. The minimum Gasteiger partial charge on any atom is -0.476 e. The molecule has 1 aromatic carbocycles. The van der Waals surface area contributed by atoms with Crippen molar-refractivity contribution in [2.75, 3.05) is 18.2 Å². The van der Waals surface area contributed by atoms with Crippen LogP contribution in [-0.4, -0.2) is 49.2 Å². The number of aliphatic carboxylic acids is 1. The maximum atomic E-state index is 13.7. The molecule has 1 saturated heterocycles. The Balaban J connectivity index is 2.17. The van der Waals surface area contributed by atoms with Gasteiger partial charge in [0.15, 0.2) is 5.76 Å². The summed E-state index contributed by atoms with van der Waals surface area (Å²) in [7, 11) is -2.40. The number of rotatable bonds is 8. The van der Waals surface area contributed by atoms with Crippen molar-refractivity contribution in [3.05, 3.63) is 64.2 Å². The van der Waals surface area contributed by atoms with Crippen LogP contribution in [0.4, 0.5) is 10.1 Å². The average molecular weight is 483 g/mol. The maximum absolute atomic E-state index is 13.7. The van der Waals surface area contributed by atoms with Crippen LogP contribution < -0.4 is 4.90 Å². The molecule has 1 aromatic rings. The van der Waals surface area contributed by atoms with Crippen molar-refractivity contribution in [2.45, 2.75) is 44.7 Å². The van der Waals surface area contributed by atoms with Gasteiger partial charge in [0.1, 0.15) is 11.2 Å². The Bertz CT molecular complexity index is 1050. The SMILES string of the molecule is CCCCC1CC2C(=C(O/C=C(\F)C(=O)O)C(SC)=CN2c2ccccc2)S(=O)(=O)N1C. The number of ether oxygens (including phenoxy) is 1. The summed E-state index contributed by atoms with van der Waals surface area (Å²) in [5.74, 6) is -3.33. The highest BCUT2D eigenvalue weighted by Crippen LogP contribution is 2.44. The summed E-state index contributed by atoms with van der Waals surface area (Å²) in [6, 6.07) is 8.67. The molecule has 1 fully saturated rings. The molecular formula is C22H27FN2O5S2. The Kier molecular flexibility index (Phi) is 7.68. The quantitative estimate of drug-likeness (QED) is 0.433. The van der Waals surface area contributed by atoms with Gasteiger partial charge in [-0.3, -0.25) is 0 Å². The van der Waals surface area contributed by atoms with Gasteiger partial charge >= 0.3 is 5.97 Å². The minimum atomic E-state index is -3.95. The van der Waals surface area contributed by atoms with E-state index >= 15 is 0 Å². The van der Waals surface area contributed by atoms with E-state index in [9.17, 15) is 17.6 Å². The van der Waals surface area contributed by atoms with Crippen molar-refractivity contribution in [3.8, 4) is 0 Å². The number of benzene rings is 1. The van der Waals surface area contributed by atoms with E-state index in [-0.39, 0.29) is 16.7 Å². The Labute approximate surface area is 192 Å². The molecule has 7 nitrogen and oxygen atoms in total. The number of carboxylic acid groups (broad SMARTS) is 1. The normalized spacial score (nSPS) is 23.6. The number of halogens is 1. The van der Waals surface area contributed by atoms with E-state index < -0.39 is 27.9 Å². The van der Waals surface area contributed by atoms with E-state index in [1.807, 2.05) is 35.2 Å². The van der Waals surface area contributed by atoms with E-state index in [4.69, 9.17) is 9.84 Å². The third-order valence-electron chi connectivity index (χ3n) is 5.66. The molecule has 2 aliphatic rings. The van der Waals surface area contributed by atoms with Crippen molar-refractivity contribution in [3.63, 3.8) is 0 Å². The molecule has 0 bridgehead atoms. The van der Waals surface area contributed by atoms with Crippen molar-refractivity contribution in [1.82, 2.24) is 4.31 Å². The Hall–Kier alpha value is -2.30. The fraction of sp³-hybridized carbons (Fsp3) is 0.409. The van der Waals surface area contributed by atoms with Crippen LogP contribution in [0.5, 0.6) is 0 Å². The van der Waals surface area contributed by atoms with Gasteiger partial charge in [0.2, 0.25) is 15.9 Å². The molecule has 0 aromatic heterocycles. The zero-order chi connectivity index (χ0) is 23.5. The average Bonchev–Trinajstić information content (AvgIpc) is 2.78. The van der Waals surface area contributed by atoms with Gasteiger partial charge in [-0.05, 0) is 31.2 Å². The maximum Gasteiger partial charge on any atom is 0.368 e. The summed E-state index contributed by atoms with van der Waals surface area (Å²) < 4.78 is 47.7. The predicted molar refractivity (Wildman–Crippen MR) is 124 cm³/mol. The van der Waals surface area contributed by atoms with Crippen LogP contribution in [0.1, 0.15) is 32.6 Å². The molecule has 1 N–H and O–H groups in total. The van der Waals surface area contributed by atoms with Gasteiger partial charge in [-0.2, -0.15) is 8.70 Å². The van der Waals surface area contributed by atoms with Gasteiger partial charge in [0, 0.05) is 25.0 Å². The fourth-order valence-electron chi connectivity index (χ4n) is 3.96. The number of hydrogen-bond acceptors (Lipinski definition) is 6. The zero-order valence-corrected chi connectivity index (χ0v) is 19.8. The second kappa shape index (κ2) is 10.1. The third kappa shape index (κ3) is 4.72. The summed E-state index contributed by atoms with van der Waals surface area (Å²) in [5, 5.41) is 8.83. The number of hydrogen-bond donors (Lipinski definition) is 1. The Morgan fingerprint density at radius 3 is 2.62 bits per heavy atom. The van der Waals surface area contributed by atoms with Crippen molar-refractivity contribution >= 4 is 33.4 Å². The van der Waals surface area contributed by atoms with Gasteiger partial charge in [0.05, 0.1) is 10.9 Å². The second-order valence-corrected chi connectivity index (χ2v) is 10.4. The lowest BCUT2D eigenvalue weighted by molar-refractivity contribution is -0.134. The van der Waals surface area contributed by atoms with Crippen LogP contribution in [0.3, 0.4) is 0 Å². The minimum absolute atomic E-state index is 0.0119. The van der Waals surface area contributed by atoms with Gasteiger partial charge in [-0.15, -0.1) is 11.8 Å². The lowest BCUT2D eigenvalue weighted by atomic mass is 9.97. The summed E-state index contributed by atoms with van der Waals surface area (Å²) in [6.45, 7) is 2.06. The van der Waals surface area contributed by atoms with Gasteiger partial charge in [0.25, 0.3) is 0 Å². The summed E-state index contributed by atoms with van der Waals surface area (Å²) in [4.78, 5) is 13.3. The molecule has 0 saturated carbocycles. The monoisotopic (exact) mass is 482 g/mol. The molecule has 32 heavy (non-hydrogen) atoms. The number of unbranched alkanes of at least 4 members (excludes halogenated alkanes) is 1. The molecule has 2 aliphatic heterocycles. The topological polar surface area (TPSA) is 87.1 Å². The van der Waals surface area contributed by atoms with Gasteiger partial charge in [-0.25, -0.2) is 13.2 Å². The zero-order valence-electron chi connectivity index (χ0n) is 18.2. The Morgan fingerprint density at radius 1 is 1.34 bits per heavy atom.